The van der Waals surface area contributed by atoms with Crippen LogP contribution in [0.1, 0.15) is 59.8 Å². The van der Waals surface area contributed by atoms with Crippen LogP contribution in [0.4, 0.5) is 0 Å². The van der Waals surface area contributed by atoms with Crippen molar-refractivity contribution in [1.82, 2.24) is 4.90 Å². The zero-order valence-corrected chi connectivity index (χ0v) is 12.3. The zero-order valence-electron chi connectivity index (χ0n) is 12.3. The Morgan fingerprint density at radius 2 is 1.94 bits per heavy atom. The SMILES string of the molecule is CC(C)C(CCN)CCCN1CCCC1(C)C. The molecule has 1 rings (SSSR count). The lowest BCUT2D eigenvalue weighted by Crippen LogP contribution is -2.38. The zero-order chi connectivity index (χ0) is 12.9. The minimum atomic E-state index is 0.446. The fraction of sp³-hybridized carbons (Fsp3) is 1.00. The monoisotopic (exact) mass is 240 g/mol. The van der Waals surface area contributed by atoms with Crippen LogP contribution in [-0.2, 0) is 0 Å². The van der Waals surface area contributed by atoms with Crippen molar-refractivity contribution in [1.29, 1.82) is 0 Å². The van der Waals surface area contributed by atoms with Gasteiger partial charge in [-0.25, -0.2) is 0 Å². The summed E-state index contributed by atoms with van der Waals surface area (Å²) in [5.74, 6) is 1.61. The molecule has 0 aromatic heterocycles. The van der Waals surface area contributed by atoms with E-state index >= 15 is 0 Å². The van der Waals surface area contributed by atoms with Crippen LogP contribution >= 0.6 is 0 Å². The van der Waals surface area contributed by atoms with E-state index in [2.05, 4.69) is 32.6 Å². The number of hydrogen-bond donors (Lipinski definition) is 1. The molecule has 17 heavy (non-hydrogen) atoms. The molecule has 1 unspecified atom stereocenters. The molecule has 1 atom stereocenters. The van der Waals surface area contributed by atoms with Crippen LogP contribution in [0.25, 0.3) is 0 Å². The molecule has 1 saturated heterocycles. The highest BCUT2D eigenvalue weighted by Gasteiger charge is 2.31. The lowest BCUT2D eigenvalue weighted by molar-refractivity contribution is 0.165. The maximum atomic E-state index is 5.69. The summed E-state index contributed by atoms with van der Waals surface area (Å²) in [5.41, 5.74) is 6.14. The van der Waals surface area contributed by atoms with Crippen molar-refractivity contribution in [3.63, 3.8) is 0 Å². The first-order valence-electron chi connectivity index (χ1n) is 7.42. The van der Waals surface area contributed by atoms with E-state index in [0.717, 1.165) is 18.4 Å². The third-order valence-corrected chi connectivity index (χ3v) is 4.56. The smallest absolute Gasteiger partial charge is 0.0153 e. The molecule has 0 amide bonds. The number of nitrogens with two attached hydrogens (primary N) is 1. The Balaban J connectivity index is 2.26. The molecule has 0 saturated carbocycles. The summed E-state index contributed by atoms with van der Waals surface area (Å²) in [4.78, 5) is 2.67. The minimum Gasteiger partial charge on any atom is -0.330 e. The molecule has 0 aliphatic carbocycles. The molecule has 1 aliphatic rings. The second-order valence-electron chi connectivity index (χ2n) is 6.63. The van der Waals surface area contributed by atoms with Gasteiger partial charge < -0.3 is 5.73 Å². The first kappa shape index (κ1) is 15.0. The van der Waals surface area contributed by atoms with Gasteiger partial charge >= 0.3 is 0 Å². The lowest BCUT2D eigenvalue weighted by Gasteiger charge is -2.32. The van der Waals surface area contributed by atoms with E-state index in [4.69, 9.17) is 5.73 Å². The van der Waals surface area contributed by atoms with Gasteiger partial charge in [0.2, 0.25) is 0 Å². The van der Waals surface area contributed by atoms with Crippen LogP contribution in [0.15, 0.2) is 0 Å². The third kappa shape index (κ3) is 4.59. The Morgan fingerprint density at radius 1 is 1.24 bits per heavy atom. The van der Waals surface area contributed by atoms with Gasteiger partial charge in [0.15, 0.2) is 0 Å². The maximum Gasteiger partial charge on any atom is 0.0153 e. The van der Waals surface area contributed by atoms with Gasteiger partial charge in [0.05, 0.1) is 0 Å². The number of hydrogen-bond acceptors (Lipinski definition) is 2. The van der Waals surface area contributed by atoms with Crippen LogP contribution in [0.5, 0.6) is 0 Å². The molecule has 2 heteroatoms. The molecule has 1 fully saturated rings. The highest BCUT2D eigenvalue weighted by atomic mass is 15.2. The van der Waals surface area contributed by atoms with Crippen molar-refractivity contribution in [2.45, 2.75) is 65.3 Å². The maximum absolute atomic E-state index is 5.69. The Labute approximate surface area is 108 Å². The van der Waals surface area contributed by atoms with Crippen LogP contribution in [-0.4, -0.2) is 30.1 Å². The van der Waals surface area contributed by atoms with Crippen molar-refractivity contribution in [3.05, 3.63) is 0 Å². The van der Waals surface area contributed by atoms with Gasteiger partial charge in [-0.15, -0.1) is 0 Å². The van der Waals surface area contributed by atoms with Gasteiger partial charge in [0, 0.05) is 5.54 Å². The van der Waals surface area contributed by atoms with Crippen molar-refractivity contribution < 1.29 is 0 Å². The largest absolute Gasteiger partial charge is 0.330 e. The van der Waals surface area contributed by atoms with Crippen LogP contribution < -0.4 is 5.73 Å². The topological polar surface area (TPSA) is 29.3 Å². The molecule has 2 N–H and O–H groups in total. The Morgan fingerprint density at radius 3 is 2.41 bits per heavy atom. The van der Waals surface area contributed by atoms with E-state index in [0.29, 0.717) is 5.54 Å². The van der Waals surface area contributed by atoms with Gasteiger partial charge in [0.1, 0.15) is 0 Å². The van der Waals surface area contributed by atoms with E-state index in [1.54, 1.807) is 0 Å². The molecule has 1 aliphatic heterocycles. The number of likely N-dealkylation sites (tertiary alicyclic amines) is 1. The second-order valence-corrected chi connectivity index (χ2v) is 6.63. The molecule has 0 bridgehead atoms. The van der Waals surface area contributed by atoms with E-state index in [1.807, 2.05) is 0 Å². The molecular formula is C15H32N2. The van der Waals surface area contributed by atoms with Crippen molar-refractivity contribution in [2.24, 2.45) is 17.6 Å². The summed E-state index contributed by atoms with van der Waals surface area (Å²) < 4.78 is 0. The summed E-state index contributed by atoms with van der Waals surface area (Å²) in [6.45, 7) is 12.9. The van der Waals surface area contributed by atoms with Crippen LogP contribution in [0.2, 0.25) is 0 Å². The lowest BCUT2D eigenvalue weighted by atomic mass is 9.88. The summed E-state index contributed by atoms with van der Waals surface area (Å²) in [6.07, 6.45) is 6.63. The van der Waals surface area contributed by atoms with E-state index in [1.165, 1.54) is 45.2 Å². The fourth-order valence-corrected chi connectivity index (χ4v) is 3.15. The fourth-order valence-electron chi connectivity index (χ4n) is 3.15. The van der Waals surface area contributed by atoms with E-state index in [-0.39, 0.29) is 0 Å². The Hall–Kier alpha value is -0.0800. The number of rotatable bonds is 7. The summed E-state index contributed by atoms with van der Waals surface area (Å²) in [6, 6.07) is 0. The van der Waals surface area contributed by atoms with Gasteiger partial charge in [-0.3, -0.25) is 4.90 Å². The Bertz CT molecular complexity index is 211. The van der Waals surface area contributed by atoms with Crippen molar-refractivity contribution in [3.8, 4) is 0 Å². The second kappa shape index (κ2) is 6.75. The summed E-state index contributed by atoms with van der Waals surface area (Å²) in [7, 11) is 0. The van der Waals surface area contributed by atoms with E-state index in [9.17, 15) is 0 Å². The molecular weight excluding hydrogens is 208 g/mol. The first-order chi connectivity index (χ1) is 7.97. The van der Waals surface area contributed by atoms with Gasteiger partial charge in [0.25, 0.3) is 0 Å². The van der Waals surface area contributed by atoms with Crippen molar-refractivity contribution in [2.75, 3.05) is 19.6 Å². The highest BCUT2D eigenvalue weighted by molar-refractivity contribution is 4.87. The van der Waals surface area contributed by atoms with Gasteiger partial charge in [-0.2, -0.15) is 0 Å². The quantitative estimate of drug-likeness (QED) is 0.740. The summed E-state index contributed by atoms with van der Waals surface area (Å²) in [5, 5.41) is 0. The first-order valence-corrected chi connectivity index (χ1v) is 7.42. The molecule has 2 nitrogen and oxygen atoms in total. The molecule has 0 aromatic rings. The predicted octanol–water partition coefficient (Wildman–Crippen LogP) is 3.26. The predicted molar refractivity (Wildman–Crippen MR) is 76.1 cm³/mol. The normalized spacial score (nSPS) is 22.2. The third-order valence-electron chi connectivity index (χ3n) is 4.56. The highest BCUT2D eigenvalue weighted by Crippen LogP contribution is 2.29. The molecule has 0 radical (unpaired) electrons. The average molecular weight is 240 g/mol. The van der Waals surface area contributed by atoms with Gasteiger partial charge in [-0.1, -0.05) is 13.8 Å². The number of nitrogens with zero attached hydrogens (tertiary/aromatic N) is 1. The van der Waals surface area contributed by atoms with E-state index < -0.39 is 0 Å². The van der Waals surface area contributed by atoms with Gasteiger partial charge in [-0.05, 0) is 77.4 Å². The molecule has 102 valence electrons. The van der Waals surface area contributed by atoms with Crippen LogP contribution in [0.3, 0.4) is 0 Å². The Kier molecular flexibility index (Phi) is 5.94. The van der Waals surface area contributed by atoms with Crippen LogP contribution in [0, 0.1) is 11.8 Å². The van der Waals surface area contributed by atoms with Crippen molar-refractivity contribution >= 4 is 0 Å². The minimum absolute atomic E-state index is 0.446. The molecule has 0 aromatic carbocycles. The standard InChI is InChI=1S/C15H32N2/c1-13(2)14(8-10-16)7-5-11-17-12-6-9-15(17,3)4/h13-14H,5-12,16H2,1-4H3. The summed E-state index contributed by atoms with van der Waals surface area (Å²) >= 11 is 0. The molecule has 0 spiro atoms. The molecule has 1 heterocycles. The average Bonchev–Trinajstić information content (AvgIpc) is 2.56.